The Morgan fingerprint density at radius 1 is 1.47 bits per heavy atom. The number of halogens is 1. The second kappa shape index (κ2) is 5.54. The van der Waals surface area contributed by atoms with Crippen LogP contribution in [0.2, 0.25) is 0 Å². The molecule has 7 heteroatoms. The SMILES string of the molecule is COc1cc(-c2nc3n(n2)CCCC3N)ccn1.Cl. The number of hydrogen-bond acceptors (Lipinski definition) is 5. The largest absolute Gasteiger partial charge is 0.481 e. The van der Waals surface area contributed by atoms with Gasteiger partial charge < -0.3 is 10.5 Å². The van der Waals surface area contributed by atoms with Crippen LogP contribution in [0.1, 0.15) is 24.7 Å². The highest BCUT2D eigenvalue weighted by Gasteiger charge is 2.21. The molecule has 2 N–H and O–H groups in total. The summed E-state index contributed by atoms with van der Waals surface area (Å²) in [5, 5.41) is 4.49. The van der Waals surface area contributed by atoms with Crippen LogP contribution in [0.15, 0.2) is 18.3 Å². The van der Waals surface area contributed by atoms with E-state index in [9.17, 15) is 0 Å². The first-order valence-corrected chi connectivity index (χ1v) is 5.98. The third-order valence-corrected chi connectivity index (χ3v) is 3.12. The molecular weight excluding hydrogens is 266 g/mol. The molecule has 0 radical (unpaired) electrons. The first kappa shape index (κ1) is 13.8. The summed E-state index contributed by atoms with van der Waals surface area (Å²) in [5.41, 5.74) is 6.93. The summed E-state index contributed by atoms with van der Waals surface area (Å²) in [6, 6.07) is 3.69. The van der Waals surface area contributed by atoms with Gasteiger partial charge in [-0.25, -0.2) is 14.6 Å². The second-order valence-corrected chi connectivity index (χ2v) is 4.35. The monoisotopic (exact) mass is 281 g/mol. The third kappa shape index (κ3) is 2.54. The smallest absolute Gasteiger partial charge is 0.213 e. The Labute approximate surface area is 117 Å². The summed E-state index contributed by atoms with van der Waals surface area (Å²) in [6.45, 7) is 0.887. The van der Waals surface area contributed by atoms with Crippen molar-refractivity contribution in [1.29, 1.82) is 0 Å². The van der Waals surface area contributed by atoms with E-state index in [0.717, 1.165) is 30.8 Å². The fourth-order valence-corrected chi connectivity index (χ4v) is 2.17. The Kier molecular flexibility index (Phi) is 4.01. The highest BCUT2D eigenvalue weighted by Crippen LogP contribution is 2.25. The third-order valence-electron chi connectivity index (χ3n) is 3.12. The molecule has 2 aromatic rings. The molecule has 6 nitrogen and oxygen atoms in total. The molecular formula is C12H16ClN5O. The van der Waals surface area contributed by atoms with Crippen molar-refractivity contribution in [2.45, 2.75) is 25.4 Å². The van der Waals surface area contributed by atoms with Crippen molar-refractivity contribution in [2.75, 3.05) is 7.11 Å². The van der Waals surface area contributed by atoms with Crippen LogP contribution in [0.5, 0.6) is 5.88 Å². The average Bonchev–Trinajstić information content (AvgIpc) is 2.84. The number of hydrogen-bond donors (Lipinski definition) is 1. The van der Waals surface area contributed by atoms with E-state index in [1.165, 1.54) is 0 Å². The minimum absolute atomic E-state index is 0. The van der Waals surface area contributed by atoms with Crippen LogP contribution in [0.25, 0.3) is 11.4 Å². The number of rotatable bonds is 2. The zero-order chi connectivity index (χ0) is 12.5. The highest BCUT2D eigenvalue weighted by atomic mass is 35.5. The number of methoxy groups -OCH3 is 1. The van der Waals surface area contributed by atoms with E-state index in [4.69, 9.17) is 10.5 Å². The topological polar surface area (TPSA) is 78.8 Å². The highest BCUT2D eigenvalue weighted by molar-refractivity contribution is 5.85. The molecule has 102 valence electrons. The van der Waals surface area contributed by atoms with Crippen molar-refractivity contribution >= 4 is 12.4 Å². The fourth-order valence-electron chi connectivity index (χ4n) is 2.17. The first-order valence-electron chi connectivity index (χ1n) is 5.98. The maximum absolute atomic E-state index is 6.03. The number of nitrogens with zero attached hydrogens (tertiary/aromatic N) is 4. The summed E-state index contributed by atoms with van der Waals surface area (Å²) in [5.74, 6) is 2.11. The van der Waals surface area contributed by atoms with Gasteiger partial charge >= 0.3 is 0 Å². The predicted octanol–water partition coefficient (Wildman–Crippen LogP) is 1.56. The van der Waals surface area contributed by atoms with Gasteiger partial charge in [0.15, 0.2) is 5.82 Å². The Bertz CT molecular complexity index is 571. The number of fused-ring (bicyclic) bond motifs is 1. The maximum Gasteiger partial charge on any atom is 0.213 e. The number of aromatic nitrogens is 4. The normalized spacial score (nSPS) is 17.5. The molecule has 1 unspecified atom stereocenters. The minimum Gasteiger partial charge on any atom is -0.481 e. The van der Waals surface area contributed by atoms with Crippen LogP contribution in [0.3, 0.4) is 0 Å². The van der Waals surface area contributed by atoms with Crippen LogP contribution in [-0.4, -0.2) is 26.9 Å². The molecule has 0 amide bonds. The van der Waals surface area contributed by atoms with Gasteiger partial charge in [-0.05, 0) is 18.9 Å². The molecule has 0 aliphatic carbocycles. The molecule has 1 aliphatic rings. The van der Waals surface area contributed by atoms with Crippen LogP contribution in [-0.2, 0) is 6.54 Å². The molecule has 0 spiro atoms. The second-order valence-electron chi connectivity index (χ2n) is 4.35. The lowest BCUT2D eigenvalue weighted by atomic mass is 10.1. The molecule has 0 saturated heterocycles. The van der Waals surface area contributed by atoms with Gasteiger partial charge in [0, 0.05) is 24.4 Å². The average molecular weight is 282 g/mol. The van der Waals surface area contributed by atoms with Gasteiger partial charge in [0.25, 0.3) is 0 Å². The summed E-state index contributed by atoms with van der Waals surface area (Å²) in [4.78, 5) is 8.59. The van der Waals surface area contributed by atoms with E-state index in [2.05, 4.69) is 15.1 Å². The van der Waals surface area contributed by atoms with E-state index < -0.39 is 0 Å². The first-order chi connectivity index (χ1) is 8.78. The molecule has 1 atom stereocenters. The molecule has 2 aromatic heterocycles. The Hall–Kier alpha value is -1.66. The summed E-state index contributed by atoms with van der Waals surface area (Å²) in [6.07, 6.45) is 3.71. The van der Waals surface area contributed by atoms with E-state index >= 15 is 0 Å². The van der Waals surface area contributed by atoms with E-state index in [0.29, 0.717) is 11.7 Å². The zero-order valence-corrected chi connectivity index (χ0v) is 11.4. The van der Waals surface area contributed by atoms with Gasteiger partial charge in [-0.1, -0.05) is 0 Å². The van der Waals surface area contributed by atoms with E-state index in [1.54, 1.807) is 13.3 Å². The summed E-state index contributed by atoms with van der Waals surface area (Å²) < 4.78 is 7.00. The van der Waals surface area contributed by atoms with Crippen molar-refractivity contribution in [2.24, 2.45) is 5.73 Å². The van der Waals surface area contributed by atoms with Crippen molar-refractivity contribution < 1.29 is 4.74 Å². The van der Waals surface area contributed by atoms with Gasteiger partial charge in [-0.15, -0.1) is 12.4 Å². The zero-order valence-electron chi connectivity index (χ0n) is 10.6. The Morgan fingerprint density at radius 3 is 3.05 bits per heavy atom. The standard InChI is InChI=1S/C12H15N5O.ClH/c1-18-10-7-8(4-5-14-10)11-15-12-9(13)3-2-6-17(12)16-11;/h4-5,7,9H,2-3,6,13H2,1H3;1H. The lowest BCUT2D eigenvalue weighted by Gasteiger charge is -2.17. The Morgan fingerprint density at radius 2 is 2.32 bits per heavy atom. The molecule has 3 rings (SSSR count). The summed E-state index contributed by atoms with van der Waals surface area (Å²) in [7, 11) is 1.59. The maximum atomic E-state index is 6.03. The number of ether oxygens (including phenoxy) is 1. The molecule has 0 bridgehead atoms. The van der Waals surface area contributed by atoms with Crippen LogP contribution in [0.4, 0.5) is 0 Å². The van der Waals surface area contributed by atoms with Crippen LogP contribution < -0.4 is 10.5 Å². The van der Waals surface area contributed by atoms with E-state index in [-0.39, 0.29) is 18.4 Å². The van der Waals surface area contributed by atoms with E-state index in [1.807, 2.05) is 16.8 Å². The lowest BCUT2D eigenvalue weighted by Crippen LogP contribution is -2.22. The van der Waals surface area contributed by atoms with Crippen molar-refractivity contribution in [1.82, 2.24) is 19.7 Å². The van der Waals surface area contributed by atoms with Gasteiger partial charge in [0.05, 0.1) is 13.2 Å². The molecule has 3 heterocycles. The van der Waals surface area contributed by atoms with Crippen LogP contribution >= 0.6 is 12.4 Å². The fraction of sp³-hybridized carbons (Fsp3) is 0.417. The molecule has 0 saturated carbocycles. The van der Waals surface area contributed by atoms with Gasteiger partial charge in [-0.2, -0.15) is 5.10 Å². The van der Waals surface area contributed by atoms with Gasteiger partial charge in [-0.3, -0.25) is 0 Å². The van der Waals surface area contributed by atoms with Crippen molar-refractivity contribution in [3.8, 4) is 17.3 Å². The minimum atomic E-state index is -0.0104. The number of nitrogens with two attached hydrogens (primary N) is 1. The molecule has 19 heavy (non-hydrogen) atoms. The van der Waals surface area contributed by atoms with Crippen molar-refractivity contribution in [3.05, 3.63) is 24.2 Å². The number of aryl methyl sites for hydroxylation is 1. The van der Waals surface area contributed by atoms with Gasteiger partial charge in [0.1, 0.15) is 5.82 Å². The van der Waals surface area contributed by atoms with Gasteiger partial charge in [0.2, 0.25) is 5.88 Å². The van der Waals surface area contributed by atoms with Crippen LogP contribution in [0, 0.1) is 0 Å². The predicted molar refractivity (Wildman–Crippen MR) is 73.2 cm³/mol. The molecule has 0 fully saturated rings. The number of pyridine rings is 1. The van der Waals surface area contributed by atoms with Crippen molar-refractivity contribution in [3.63, 3.8) is 0 Å². The molecule has 0 aromatic carbocycles. The Balaban J connectivity index is 0.00000133. The lowest BCUT2D eigenvalue weighted by molar-refractivity contribution is 0.398. The summed E-state index contributed by atoms with van der Waals surface area (Å²) >= 11 is 0. The molecule has 1 aliphatic heterocycles. The quantitative estimate of drug-likeness (QED) is 0.904.